The molecule has 11 heteroatoms. The molecule has 1 aromatic carbocycles. The Balaban J connectivity index is 2.08. The van der Waals surface area contributed by atoms with Crippen molar-refractivity contribution in [3.8, 4) is 5.75 Å². The predicted molar refractivity (Wildman–Crippen MR) is 98.7 cm³/mol. The Kier molecular flexibility index (Phi) is 5.72. The van der Waals surface area contributed by atoms with E-state index in [0.29, 0.717) is 10.5 Å². The van der Waals surface area contributed by atoms with E-state index < -0.39 is 53.2 Å². The van der Waals surface area contributed by atoms with Crippen LogP contribution in [0, 0.1) is 0 Å². The molecular weight excluding hydrogens is 407 g/mol. The van der Waals surface area contributed by atoms with Crippen molar-refractivity contribution in [3.63, 3.8) is 0 Å². The molecule has 3 rings (SSSR count). The number of nitrogens with one attached hydrogen (secondary N) is 1. The van der Waals surface area contributed by atoms with E-state index in [0.717, 1.165) is 24.9 Å². The Bertz CT molecular complexity index is 1020. The summed E-state index contributed by atoms with van der Waals surface area (Å²) in [5.74, 6) is -2.58. The van der Waals surface area contributed by atoms with Gasteiger partial charge in [0.15, 0.2) is 11.4 Å². The third-order valence-corrected chi connectivity index (χ3v) is 4.61. The van der Waals surface area contributed by atoms with Crippen molar-refractivity contribution >= 4 is 11.9 Å². The number of ether oxygens (including phenoxy) is 2. The lowest BCUT2D eigenvalue weighted by atomic mass is 10.1. The standard InChI is InChI=1S/C19H18F3N3O5/c1-11(19(20,21)22)24-10-23-25-8-13(18(28)29-2)15(26)16(14(25)17(24)27)30-9-12-6-4-3-5-7-12/h3-8,11,23H,9-10H2,1-2H3/t11-/m1/s1. The van der Waals surface area contributed by atoms with E-state index in [9.17, 15) is 27.6 Å². The van der Waals surface area contributed by atoms with Crippen LogP contribution >= 0.6 is 0 Å². The topological polar surface area (TPSA) is 89.9 Å². The average molecular weight is 425 g/mol. The number of halogens is 3. The SMILES string of the molecule is COC(=O)c1cn2c(c(OCc3ccccc3)c1=O)C(=O)N([C@H](C)C(F)(F)F)CN2. The van der Waals surface area contributed by atoms with E-state index in [1.165, 1.54) is 0 Å². The van der Waals surface area contributed by atoms with E-state index in [2.05, 4.69) is 10.2 Å². The first-order valence-corrected chi connectivity index (χ1v) is 8.81. The van der Waals surface area contributed by atoms with Gasteiger partial charge in [-0.1, -0.05) is 30.3 Å². The van der Waals surface area contributed by atoms with E-state index in [1.807, 2.05) is 0 Å². The van der Waals surface area contributed by atoms with Crippen LogP contribution in [0.25, 0.3) is 0 Å². The first kappa shape index (κ1) is 21.2. The summed E-state index contributed by atoms with van der Waals surface area (Å²) in [6.07, 6.45) is -3.66. The van der Waals surface area contributed by atoms with Crippen LogP contribution < -0.4 is 15.6 Å². The predicted octanol–water partition coefficient (Wildman–Crippen LogP) is 2.12. The van der Waals surface area contributed by atoms with Gasteiger partial charge >= 0.3 is 12.1 Å². The van der Waals surface area contributed by atoms with Crippen LogP contribution in [0.2, 0.25) is 0 Å². The number of rotatable bonds is 5. The molecular formula is C19H18F3N3O5. The number of pyridine rings is 1. The number of carbonyl (C=O) groups excluding carboxylic acids is 2. The number of methoxy groups -OCH3 is 1. The summed E-state index contributed by atoms with van der Waals surface area (Å²) in [7, 11) is 1.07. The summed E-state index contributed by atoms with van der Waals surface area (Å²) in [5, 5.41) is 0. The quantitative estimate of drug-likeness (QED) is 0.739. The van der Waals surface area contributed by atoms with Crippen molar-refractivity contribution < 1.29 is 32.2 Å². The number of aromatic nitrogens is 1. The van der Waals surface area contributed by atoms with Gasteiger partial charge in [0.2, 0.25) is 5.43 Å². The molecule has 160 valence electrons. The molecule has 0 aliphatic carbocycles. The van der Waals surface area contributed by atoms with Crippen LogP contribution in [0.15, 0.2) is 41.3 Å². The maximum Gasteiger partial charge on any atom is 0.408 e. The first-order chi connectivity index (χ1) is 14.1. The summed E-state index contributed by atoms with van der Waals surface area (Å²) in [5.41, 5.74) is 1.40. The Morgan fingerprint density at radius 3 is 2.50 bits per heavy atom. The highest BCUT2D eigenvalue weighted by Crippen LogP contribution is 2.29. The second-order valence-electron chi connectivity index (χ2n) is 6.49. The molecule has 1 N–H and O–H groups in total. The van der Waals surface area contributed by atoms with Crippen LogP contribution in [0.1, 0.15) is 33.3 Å². The molecule has 1 aromatic heterocycles. The maximum absolute atomic E-state index is 13.2. The molecule has 0 saturated carbocycles. The number of nitrogens with zero attached hydrogens (tertiary/aromatic N) is 2. The molecule has 1 aliphatic heterocycles. The molecule has 2 heterocycles. The lowest BCUT2D eigenvalue weighted by Gasteiger charge is -2.36. The second kappa shape index (κ2) is 8.09. The van der Waals surface area contributed by atoms with Gasteiger partial charge in [0.1, 0.15) is 24.9 Å². The minimum Gasteiger partial charge on any atom is -0.482 e. The zero-order valence-electron chi connectivity index (χ0n) is 16.0. The van der Waals surface area contributed by atoms with Crippen molar-refractivity contribution in [1.29, 1.82) is 0 Å². The van der Waals surface area contributed by atoms with E-state index in [-0.39, 0.29) is 6.61 Å². The highest BCUT2D eigenvalue weighted by molar-refractivity contribution is 5.98. The minimum atomic E-state index is -4.67. The van der Waals surface area contributed by atoms with Crippen LogP contribution in [0.5, 0.6) is 5.75 Å². The van der Waals surface area contributed by atoms with Crippen molar-refractivity contribution in [3.05, 3.63) is 63.6 Å². The van der Waals surface area contributed by atoms with Gasteiger partial charge in [-0.2, -0.15) is 13.2 Å². The molecule has 0 spiro atoms. The molecule has 0 radical (unpaired) electrons. The Morgan fingerprint density at radius 1 is 1.23 bits per heavy atom. The smallest absolute Gasteiger partial charge is 0.408 e. The number of benzene rings is 1. The second-order valence-corrected chi connectivity index (χ2v) is 6.49. The third-order valence-electron chi connectivity index (χ3n) is 4.61. The summed E-state index contributed by atoms with van der Waals surface area (Å²) in [6, 6.07) is 6.51. The van der Waals surface area contributed by atoms with Gasteiger partial charge in [-0.05, 0) is 12.5 Å². The fourth-order valence-corrected chi connectivity index (χ4v) is 2.89. The maximum atomic E-state index is 13.2. The van der Waals surface area contributed by atoms with E-state index in [4.69, 9.17) is 4.74 Å². The fourth-order valence-electron chi connectivity index (χ4n) is 2.89. The van der Waals surface area contributed by atoms with Gasteiger partial charge in [-0.25, -0.2) is 4.79 Å². The molecule has 0 saturated heterocycles. The van der Waals surface area contributed by atoms with Crippen LogP contribution in [0.4, 0.5) is 13.2 Å². The monoisotopic (exact) mass is 425 g/mol. The zero-order valence-corrected chi connectivity index (χ0v) is 16.0. The normalized spacial score (nSPS) is 14.6. The molecule has 1 amide bonds. The number of carbonyl (C=O) groups is 2. The molecule has 1 atom stereocenters. The van der Waals surface area contributed by atoms with Crippen LogP contribution in [-0.4, -0.2) is 47.4 Å². The van der Waals surface area contributed by atoms with Gasteiger partial charge in [-0.15, -0.1) is 0 Å². The summed E-state index contributed by atoms with van der Waals surface area (Å²) >= 11 is 0. The van der Waals surface area contributed by atoms with Crippen molar-refractivity contribution in [1.82, 2.24) is 9.58 Å². The summed E-state index contributed by atoms with van der Waals surface area (Å²) in [4.78, 5) is 38.2. The number of fused-ring (bicyclic) bond motifs is 1. The molecule has 0 bridgehead atoms. The average Bonchev–Trinajstić information content (AvgIpc) is 2.72. The number of hydrogen-bond acceptors (Lipinski definition) is 6. The Hall–Kier alpha value is -3.50. The van der Waals surface area contributed by atoms with Gasteiger partial charge in [-0.3, -0.25) is 14.3 Å². The summed E-state index contributed by atoms with van der Waals surface area (Å²) < 4.78 is 50.6. The zero-order chi connectivity index (χ0) is 22.1. The molecule has 30 heavy (non-hydrogen) atoms. The van der Waals surface area contributed by atoms with Crippen molar-refractivity contribution in [2.45, 2.75) is 25.7 Å². The first-order valence-electron chi connectivity index (χ1n) is 8.81. The number of amides is 1. The van der Waals surface area contributed by atoms with E-state index in [1.54, 1.807) is 30.3 Å². The molecule has 2 aromatic rings. The molecule has 8 nitrogen and oxygen atoms in total. The van der Waals surface area contributed by atoms with E-state index >= 15 is 0 Å². The lowest BCUT2D eigenvalue weighted by Crippen LogP contribution is -2.54. The van der Waals surface area contributed by atoms with Gasteiger partial charge in [0, 0.05) is 6.20 Å². The number of hydrogen-bond donors (Lipinski definition) is 1. The fraction of sp³-hybridized carbons (Fsp3) is 0.316. The third kappa shape index (κ3) is 3.95. The van der Waals surface area contributed by atoms with Crippen molar-refractivity contribution in [2.75, 3.05) is 19.2 Å². The lowest BCUT2D eigenvalue weighted by molar-refractivity contribution is -0.172. The summed E-state index contributed by atoms with van der Waals surface area (Å²) in [6.45, 7) is 0.199. The Labute approximate surface area is 168 Å². The highest BCUT2D eigenvalue weighted by Gasteiger charge is 2.45. The largest absolute Gasteiger partial charge is 0.482 e. The number of alkyl halides is 3. The number of esters is 1. The molecule has 0 fully saturated rings. The Morgan fingerprint density at radius 2 is 1.90 bits per heavy atom. The van der Waals surface area contributed by atoms with Gasteiger partial charge < -0.3 is 19.8 Å². The highest BCUT2D eigenvalue weighted by atomic mass is 19.4. The minimum absolute atomic E-state index is 0.143. The van der Waals surface area contributed by atoms with Crippen LogP contribution in [0.3, 0.4) is 0 Å². The van der Waals surface area contributed by atoms with Crippen LogP contribution in [-0.2, 0) is 11.3 Å². The van der Waals surface area contributed by atoms with Gasteiger partial charge in [0.25, 0.3) is 5.91 Å². The van der Waals surface area contributed by atoms with Gasteiger partial charge in [0.05, 0.1) is 7.11 Å². The molecule has 1 aliphatic rings. The van der Waals surface area contributed by atoms with Crippen molar-refractivity contribution in [2.24, 2.45) is 0 Å². The molecule has 0 unspecified atom stereocenters.